The summed E-state index contributed by atoms with van der Waals surface area (Å²) in [6, 6.07) is 0. The molecule has 5 unspecified atom stereocenters. The zero-order valence-electron chi connectivity index (χ0n) is 11.4. The van der Waals surface area contributed by atoms with Crippen molar-refractivity contribution in [1.29, 1.82) is 0 Å². The van der Waals surface area contributed by atoms with Crippen molar-refractivity contribution in [3.8, 4) is 0 Å². The average molecular weight is 208 g/mol. The van der Waals surface area contributed by atoms with Crippen LogP contribution in [0.25, 0.3) is 0 Å². The third-order valence-electron chi connectivity index (χ3n) is 6.21. The molecule has 15 heavy (non-hydrogen) atoms. The van der Waals surface area contributed by atoms with E-state index in [9.17, 15) is 0 Å². The second-order valence-corrected chi connectivity index (χ2v) is 7.52. The monoisotopic (exact) mass is 208 g/mol. The van der Waals surface area contributed by atoms with Crippen LogP contribution in [0.1, 0.15) is 60.8 Å². The van der Waals surface area contributed by atoms with E-state index in [1.165, 1.54) is 19.3 Å². The first-order valence-corrected chi connectivity index (χ1v) is 6.77. The molecule has 0 aliphatic heterocycles. The number of hydrogen-bond donors (Lipinski definition) is 0. The average Bonchev–Trinajstić information content (AvgIpc) is 2.17. The number of rotatable bonds is 0. The minimum atomic E-state index is 0.561. The molecule has 0 bridgehead atoms. The molecule has 2 aliphatic rings. The lowest BCUT2D eigenvalue weighted by atomic mass is 9.49. The van der Waals surface area contributed by atoms with Crippen LogP contribution in [0.2, 0.25) is 0 Å². The molecule has 0 N–H and O–H groups in total. The molecule has 0 aromatic heterocycles. The van der Waals surface area contributed by atoms with Gasteiger partial charge in [-0.15, -0.1) is 0 Å². The Hall–Kier alpha value is 0. The third-order valence-corrected chi connectivity index (χ3v) is 6.21. The van der Waals surface area contributed by atoms with E-state index in [2.05, 4.69) is 41.5 Å². The molecule has 5 atom stereocenters. The van der Waals surface area contributed by atoms with Crippen LogP contribution < -0.4 is 0 Å². The van der Waals surface area contributed by atoms with Crippen LogP contribution >= 0.6 is 0 Å². The largest absolute Gasteiger partial charge is 0.0622 e. The second-order valence-electron chi connectivity index (χ2n) is 7.52. The summed E-state index contributed by atoms with van der Waals surface area (Å²) in [7, 11) is 0. The Morgan fingerprint density at radius 2 is 1.47 bits per heavy atom. The van der Waals surface area contributed by atoms with E-state index in [0.717, 1.165) is 23.7 Å². The van der Waals surface area contributed by atoms with Gasteiger partial charge in [0.15, 0.2) is 0 Å². The van der Waals surface area contributed by atoms with Gasteiger partial charge in [0.2, 0.25) is 0 Å². The topological polar surface area (TPSA) is 0 Å². The molecule has 0 heteroatoms. The summed E-state index contributed by atoms with van der Waals surface area (Å²) in [5.74, 6) is 3.78. The SMILES string of the molecule is CC1CC2(C)C(C)CC(C)C(C)(C)CC12. The van der Waals surface area contributed by atoms with Gasteiger partial charge in [0.05, 0.1) is 0 Å². The highest BCUT2D eigenvalue weighted by Crippen LogP contribution is 2.63. The van der Waals surface area contributed by atoms with Crippen LogP contribution in [0.4, 0.5) is 0 Å². The van der Waals surface area contributed by atoms with Gasteiger partial charge in [0.1, 0.15) is 0 Å². The Labute approximate surface area is 95.8 Å². The first-order valence-electron chi connectivity index (χ1n) is 6.77. The van der Waals surface area contributed by atoms with Crippen LogP contribution in [0.15, 0.2) is 0 Å². The summed E-state index contributed by atoms with van der Waals surface area (Å²) in [5.41, 5.74) is 1.23. The van der Waals surface area contributed by atoms with Gasteiger partial charge in [-0.2, -0.15) is 0 Å². The zero-order chi connectivity index (χ0) is 11.4. The normalized spacial score (nSPS) is 54.0. The maximum Gasteiger partial charge on any atom is -0.0266 e. The second kappa shape index (κ2) is 3.25. The van der Waals surface area contributed by atoms with Crippen molar-refractivity contribution < 1.29 is 0 Å². The van der Waals surface area contributed by atoms with Crippen LogP contribution in [-0.4, -0.2) is 0 Å². The molecule has 2 aliphatic carbocycles. The molecular formula is C15H28. The van der Waals surface area contributed by atoms with Crippen molar-refractivity contribution in [1.82, 2.24) is 0 Å². The van der Waals surface area contributed by atoms with Crippen LogP contribution in [0.5, 0.6) is 0 Å². The lowest BCUT2D eigenvalue weighted by Gasteiger charge is -2.56. The fourth-order valence-corrected chi connectivity index (χ4v) is 4.36. The maximum absolute atomic E-state index is 2.55. The summed E-state index contributed by atoms with van der Waals surface area (Å²) in [4.78, 5) is 0. The van der Waals surface area contributed by atoms with E-state index in [-0.39, 0.29) is 0 Å². The van der Waals surface area contributed by atoms with Crippen molar-refractivity contribution in [2.75, 3.05) is 0 Å². The lowest BCUT2D eigenvalue weighted by Crippen LogP contribution is -2.48. The molecule has 2 fully saturated rings. The zero-order valence-corrected chi connectivity index (χ0v) is 11.4. The van der Waals surface area contributed by atoms with Crippen LogP contribution in [0.3, 0.4) is 0 Å². The molecule has 0 aromatic rings. The predicted molar refractivity (Wildman–Crippen MR) is 66.7 cm³/mol. The van der Waals surface area contributed by atoms with E-state index < -0.39 is 0 Å². The highest BCUT2D eigenvalue weighted by molar-refractivity contribution is 5.04. The molecule has 0 saturated heterocycles. The quantitative estimate of drug-likeness (QED) is 0.539. The van der Waals surface area contributed by atoms with Crippen molar-refractivity contribution in [3.63, 3.8) is 0 Å². The highest BCUT2D eigenvalue weighted by atomic mass is 14.6. The molecule has 0 spiro atoms. The Morgan fingerprint density at radius 3 is 2.00 bits per heavy atom. The number of fused-ring (bicyclic) bond motifs is 1. The molecule has 0 aromatic carbocycles. The minimum Gasteiger partial charge on any atom is -0.0622 e. The standard InChI is InChI=1S/C15H28/c1-10-8-15(6)12(3)7-11(2)14(4,5)9-13(10)15/h10-13H,7-9H2,1-6H3. The van der Waals surface area contributed by atoms with E-state index in [4.69, 9.17) is 0 Å². The molecule has 2 rings (SSSR count). The van der Waals surface area contributed by atoms with Gasteiger partial charge in [0, 0.05) is 0 Å². The summed E-state index contributed by atoms with van der Waals surface area (Å²) >= 11 is 0. The Morgan fingerprint density at radius 1 is 0.867 bits per heavy atom. The van der Waals surface area contributed by atoms with Crippen molar-refractivity contribution in [2.24, 2.45) is 34.5 Å². The van der Waals surface area contributed by atoms with E-state index in [1.807, 2.05) is 0 Å². The van der Waals surface area contributed by atoms with Gasteiger partial charge in [-0.25, -0.2) is 0 Å². The molecule has 0 amide bonds. The van der Waals surface area contributed by atoms with Crippen LogP contribution in [0, 0.1) is 34.5 Å². The first kappa shape index (κ1) is 11.5. The van der Waals surface area contributed by atoms with E-state index in [1.54, 1.807) is 0 Å². The molecule has 0 heterocycles. The van der Waals surface area contributed by atoms with Gasteiger partial charge in [-0.3, -0.25) is 0 Å². The number of hydrogen-bond acceptors (Lipinski definition) is 0. The Bertz CT molecular complexity index is 253. The fourth-order valence-electron chi connectivity index (χ4n) is 4.36. The smallest absolute Gasteiger partial charge is 0.0266 e. The summed E-state index contributed by atoms with van der Waals surface area (Å²) in [5, 5.41) is 0. The van der Waals surface area contributed by atoms with Gasteiger partial charge in [-0.05, 0) is 53.8 Å². The van der Waals surface area contributed by atoms with Gasteiger partial charge < -0.3 is 0 Å². The summed E-state index contributed by atoms with van der Waals surface area (Å²) in [6.45, 7) is 15.0. The molecular weight excluding hydrogens is 180 g/mol. The molecule has 2 saturated carbocycles. The summed E-state index contributed by atoms with van der Waals surface area (Å²) < 4.78 is 0. The lowest BCUT2D eigenvalue weighted by molar-refractivity contribution is -0.0679. The van der Waals surface area contributed by atoms with E-state index in [0.29, 0.717) is 10.8 Å². The molecule has 88 valence electrons. The minimum absolute atomic E-state index is 0.561. The predicted octanol–water partition coefficient (Wildman–Crippen LogP) is 4.74. The van der Waals surface area contributed by atoms with Crippen LogP contribution in [-0.2, 0) is 0 Å². The Kier molecular flexibility index (Phi) is 2.48. The van der Waals surface area contributed by atoms with Gasteiger partial charge >= 0.3 is 0 Å². The third kappa shape index (κ3) is 1.56. The van der Waals surface area contributed by atoms with Crippen molar-refractivity contribution >= 4 is 0 Å². The van der Waals surface area contributed by atoms with Gasteiger partial charge in [0.25, 0.3) is 0 Å². The molecule has 0 nitrogen and oxygen atoms in total. The Balaban J connectivity index is 2.26. The highest BCUT2D eigenvalue weighted by Gasteiger charge is 2.55. The first-order chi connectivity index (χ1) is 6.77. The van der Waals surface area contributed by atoms with Crippen molar-refractivity contribution in [3.05, 3.63) is 0 Å². The van der Waals surface area contributed by atoms with Crippen molar-refractivity contribution in [2.45, 2.75) is 60.8 Å². The maximum atomic E-state index is 2.55. The molecule has 0 radical (unpaired) electrons. The van der Waals surface area contributed by atoms with E-state index >= 15 is 0 Å². The van der Waals surface area contributed by atoms with Gasteiger partial charge in [-0.1, -0.05) is 41.5 Å². The summed E-state index contributed by atoms with van der Waals surface area (Å²) in [6.07, 6.45) is 4.37. The fraction of sp³-hybridized carbons (Fsp3) is 1.00.